The van der Waals surface area contributed by atoms with Gasteiger partial charge in [0.25, 0.3) is 0 Å². The van der Waals surface area contributed by atoms with Crippen molar-refractivity contribution in [3.05, 3.63) is 29.3 Å². The second kappa shape index (κ2) is 6.75. The minimum Gasteiger partial charge on any atom is -0.351 e. The van der Waals surface area contributed by atoms with Crippen LogP contribution in [0.3, 0.4) is 0 Å². The number of hydrogen-bond donors (Lipinski definition) is 1. The van der Waals surface area contributed by atoms with E-state index in [9.17, 15) is 9.59 Å². The summed E-state index contributed by atoms with van der Waals surface area (Å²) >= 11 is 5.89. The fourth-order valence-electron chi connectivity index (χ4n) is 3.56. The number of carbonyl (C=O) groups is 2. The first-order valence-corrected chi connectivity index (χ1v) is 8.73. The van der Waals surface area contributed by atoms with E-state index in [1.54, 1.807) is 17.0 Å². The molecule has 1 atom stereocenters. The number of amides is 2. The van der Waals surface area contributed by atoms with E-state index in [0.29, 0.717) is 11.6 Å². The summed E-state index contributed by atoms with van der Waals surface area (Å²) < 4.78 is 0. The molecule has 1 fully saturated rings. The number of rotatable bonds is 4. The Hall–Kier alpha value is -1.55. The number of hydrogen-bond acceptors (Lipinski definition) is 2. The molecular weight excluding hydrogens is 324 g/mol. The van der Waals surface area contributed by atoms with Gasteiger partial charge in [-0.15, -0.1) is 0 Å². The van der Waals surface area contributed by atoms with Crippen LogP contribution in [0.4, 0.5) is 5.69 Å². The molecule has 24 heavy (non-hydrogen) atoms. The van der Waals surface area contributed by atoms with Crippen molar-refractivity contribution in [1.29, 1.82) is 0 Å². The van der Waals surface area contributed by atoms with Gasteiger partial charge in [0.05, 0.1) is 5.92 Å². The van der Waals surface area contributed by atoms with Crippen LogP contribution in [0.5, 0.6) is 0 Å². The van der Waals surface area contributed by atoms with E-state index in [-0.39, 0.29) is 35.1 Å². The van der Waals surface area contributed by atoms with Crippen LogP contribution in [-0.4, -0.2) is 23.9 Å². The lowest BCUT2D eigenvalue weighted by atomic mass is 9.81. The molecular formula is C19H27ClN2O2. The predicted molar refractivity (Wildman–Crippen MR) is 98.2 cm³/mol. The highest BCUT2D eigenvalue weighted by Gasteiger charge is 2.37. The van der Waals surface area contributed by atoms with Crippen LogP contribution in [0.1, 0.15) is 47.5 Å². The molecule has 2 rings (SSSR count). The van der Waals surface area contributed by atoms with Gasteiger partial charge in [0.1, 0.15) is 0 Å². The molecule has 1 saturated heterocycles. The molecule has 0 radical (unpaired) electrons. The zero-order valence-corrected chi connectivity index (χ0v) is 15.9. The van der Waals surface area contributed by atoms with Crippen molar-refractivity contribution in [2.75, 3.05) is 11.4 Å². The molecule has 0 spiro atoms. The molecule has 1 aliphatic rings. The second-order valence-electron chi connectivity index (χ2n) is 8.49. The van der Waals surface area contributed by atoms with E-state index in [4.69, 9.17) is 11.6 Å². The molecule has 4 nitrogen and oxygen atoms in total. The number of halogens is 1. The number of benzene rings is 1. The minimum absolute atomic E-state index is 0.0221. The van der Waals surface area contributed by atoms with Gasteiger partial charge < -0.3 is 10.2 Å². The Morgan fingerprint density at radius 2 is 1.79 bits per heavy atom. The quantitative estimate of drug-likeness (QED) is 0.891. The van der Waals surface area contributed by atoms with Crippen molar-refractivity contribution in [2.45, 2.75) is 53.0 Å². The molecule has 1 aromatic carbocycles. The Morgan fingerprint density at radius 3 is 2.33 bits per heavy atom. The largest absolute Gasteiger partial charge is 0.351 e. The van der Waals surface area contributed by atoms with Crippen LogP contribution >= 0.6 is 11.6 Å². The second-order valence-corrected chi connectivity index (χ2v) is 8.93. The summed E-state index contributed by atoms with van der Waals surface area (Å²) in [6, 6.07) is 7.13. The first-order valence-electron chi connectivity index (χ1n) is 8.35. The predicted octanol–water partition coefficient (Wildman–Crippen LogP) is 4.02. The highest BCUT2D eigenvalue weighted by Crippen LogP contribution is 2.29. The average molecular weight is 351 g/mol. The maximum absolute atomic E-state index is 12.6. The van der Waals surface area contributed by atoms with Gasteiger partial charge in [-0.1, -0.05) is 32.4 Å². The third-order valence-corrected chi connectivity index (χ3v) is 4.32. The summed E-state index contributed by atoms with van der Waals surface area (Å²) in [4.78, 5) is 26.6. The Morgan fingerprint density at radius 1 is 1.21 bits per heavy atom. The maximum atomic E-state index is 12.6. The molecule has 0 bridgehead atoms. The van der Waals surface area contributed by atoms with Crippen molar-refractivity contribution < 1.29 is 9.59 Å². The van der Waals surface area contributed by atoms with Gasteiger partial charge in [0.15, 0.2) is 0 Å². The van der Waals surface area contributed by atoms with Crippen LogP contribution in [-0.2, 0) is 9.59 Å². The Kier molecular flexibility index (Phi) is 5.28. The Balaban J connectivity index is 2.02. The molecule has 0 aromatic heterocycles. The van der Waals surface area contributed by atoms with Crippen molar-refractivity contribution >= 4 is 29.1 Å². The molecule has 1 N–H and O–H groups in total. The molecule has 0 unspecified atom stereocenters. The van der Waals surface area contributed by atoms with Crippen molar-refractivity contribution in [3.8, 4) is 0 Å². The van der Waals surface area contributed by atoms with Crippen molar-refractivity contribution in [2.24, 2.45) is 11.3 Å². The lowest BCUT2D eigenvalue weighted by Gasteiger charge is -2.34. The molecule has 2 amide bonds. The maximum Gasteiger partial charge on any atom is 0.227 e. The molecule has 1 aromatic rings. The highest BCUT2D eigenvalue weighted by molar-refractivity contribution is 6.30. The van der Waals surface area contributed by atoms with E-state index in [1.165, 1.54) is 0 Å². The van der Waals surface area contributed by atoms with Gasteiger partial charge in [0.2, 0.25) is 11.8 Å². The van der Waals surface area contributed by atoms with E-state index in [2.05, 4.69) is 26.1 Å². The number of anilines is 1. The van der Waals surface area contributed by atoms with Crippen LogP contribution in [0, 0.1) is 11.3 Å². The first kappa shape index (κ1) is 18.8. The first-order chi connectivity index (χ1) is 11.0. The summed E-state index contributed by atoms with van der Waals surface area (Å²) in [6.45, 7) is 10.9. The Bertz CT molecular complexity index is 617. The van der Waals surface area contributed by atoms with Gasteiger partial charge in [0, 0.05) is 29.2 Å². The van der Waals surface area contributed by atoms with Crippen LogP contribution in [0.2, 0.25) is 5.02 Å². The van der Waals surface area contributed by atoms with E-state index < -0.39 is 0 Å². The zero-order valence-electron chi connectivity index (χ0n) is 15.1. The lowest BCUT2D eigenvalue weighted by Crippen LogP contribution is -2.48. The van der Waals surface area contributed by atoms with Crippen LogP contribution in [0.15, 0.2) is 24.3 Å². The fourth-order valence-corrected chi connectivity index (χ4v) is 3.69. The molecule has 0 saturated carbocycles. The van der Waals surface area contributed by atoms with Crippen molar-refractivity contribution in [3.63, 3.8) is 0 Å². The lowest BCUT2D eigenvalue weighted by molar-refractivity contribution is -0.128. The molecule has 5 heteroatoms. The Labute approximate surface area is 149 Å². The smallest absolute Gasteiger partial charge is 0.227 e. The minimum atomic E-state index is -0.313. The summed E-state index contributed by atoms with van der Waals surface area (Å²) in [6.07, 6.45) is 1.12. The van der Waals surface area contributed by atoms with Gasteiger partial charge in [-0.25, -0.2) is 0 Å². The summed E-state index contributed by atoms with van der Waals surface area (Å²) in [5.41, 5.74) is 0.609. The third kappa shape index (κ3) is 4.97. The SMILES string of the molecule is CC(C)(C)CC(C)(C)NC(=O)[C@H]1CC(=O)N(c2ccc(Cl)cc2)C1. The van der Waals surface area contributed by atoms with Gasteiger partial charge in [-0.05, 0) is 49.9 Å². The summed E-state index contributed by atoms with van der Waals surface area (Å²) in [5.74, 6) is -0.382. The summed E-state index contributed by atoms with van der Waals surface area (Å²) in [7, 11) is 0. The zero-order chi connectivity index (χ0) is 18.1. The molecule has 0 aliphatic carbocycles. The monoisotopic (exact) mass is 350 g/mol. The van der Waals surface area contributed by atoms with Gasteiger partial charge >= 0.3 is 0 Å². The van der Waals surface area contributed by atoms with Gasteiger partial charge in [-0.2, -0.15) is 0 Å². The average Bonchev–Trinajstić information content (AvgIpc) is 2.78. The normalized spacial score (nSPS) is 18.8. The van der Waals surface area contributed by atoms with E-state index >= 15 is 0 Å². The standard InChI is InChI=1S/C19H27ClN2O2/c1-18(2,3)12-19(4,5)21-17(24)13-10-16(23)22(11-13)15-8-6-14(20)7-9-15/h6-9,13H,10-12H2,1-5H3,(H,21,24)/t13-/m0/s1. The topological polar surface area (TPSA) is 49.4 Å². The van der Waals surface area contributed by atoms with Gasteiger partial charge in [-0.3, -0.25) is 9.59 Å². The molecule has 132 valence electrons. The van der Waals surface area contributed by atoms with E-state index in [0.717, 1.165) is 12.1 Å². The number of nitrogens with zero attached hydrogens (tertiary/aromatic N) is 1. The van der Waals surface area contributed by atoms with Crippen molar-refractivity contribution in [1.82, 2.24) is 5.32 Å². The van der Waals surface area contributed by atoms with E-state index in [1.807, 2.05) is 26.0 Å². The fraction of sp³-hybridized carbons (Fsp3) is 0.579. The van der Waals surface area contributed by atoms with Crippen LogP contribution < -0.4 is 10.2 Å². The third-order valence-electron chi connectivity index (χ3n) is 4.07. The number of nitrogens with one attached hydrogen (secondary N) is 1. The molecule has 1 aliphatic heterocycles. The van der Waals surface area contributed by atoms with Crippen LogP contribution in [0.25, 0.3) is 0 Å². The number of carbonyl (C=O) groups excluding carboxylic acids is 2. The summed E-state index contributed by atoms with van der Waals surface area (Å²) in [5, 5.41) is 3.75. The molecule has 1 heterocycles. The highest BCUT2D eigenvalue weighted by atomic mass is 35.5.